The Kier molecular flexibility index (Phi) is 1.46. The van der Waals surface area contributed by atoms with E-state index in [2.05, 4.69) is 5.32 Å². The Hall–Kier alpha value is -0.0800. The van der Waals surface area contributed by atoms with Crippen LogP contribution >= 0.6 is 0 Å². The maximum atomic E-state index is 9.33. The molecule has 0 radical (unpaired) electrons. The van der Waals surface area contributed by atoms with Crippen LogP contribution in [0.2, 0.25) is 0 Å². The van der Waals surface area contributed by atoms with E-state index in [0.717, 1.165) is 25.9 Å². The first-order chi connectivity index (χ1) is 4.81. The number of hydrogen-bond acceptors (Lipinski definition) is 2. The molecule has 2 nitrogen and oxygen atoms in total. The average Bonchev–Trinajstić information content (AvgIpc) is 2.46. The summed E-state index contributed by atoms with van der Waals surface area (Å²) in [5.41, 5.74) is 0.499. The number of hydrogen-bond donors (Lipinski definition) is 2. The zero-order chi connectivity index (χ0) is 7.03. The molecule has 2 aliphatic rings. The highest BCUT2D eigenvalue weighted by atomic mass is 16.3. The van der Waals surface area contributed by atoms with Crippen molar-refractivity contribution in [1.82, 2.24) is 5.32 Å². The summed E-state index contributed by atoms with van der Waals surface area (Å²) in [4.78, 5) is 0. The molecule has 1 aliphatic carbocycles. The molecule has 2 rings (SSSR count). The summed E-state index contributed by atoms with van der Waals surface area (Å²) in [5.74, 6) is 0. The van der Waals surface area contributed by atoms with Crippen molar-refractivity contribution in [2.45, 2.75) is 31.8 Å². The van der Waals surface area contributed by atoms with Crippen LogP contribution in [0, 0.1) is 5.41 Å². The van der Waals surface area contributed by atoms with Crippen LogP contribution in [0.15, 0.2) is 0 Å². The fourth-order valence-corrected chi connectivity index (χ4v) is 2.36. The van der Waals surface area contributed by atoms with Gasteiger partial charge in [-0.1, -0.05) is 0 Å². The van der Waals surface area contributed by atoms with Gasteiger partial charge in [-0.2, -0.15) is 0 Å². The first kappa shape index (κ1) is 6.62. The maximum Gasteiger partial charge on any atom is 0.0546 e. The van der Waals surface area contributed by atoms with E-state index in [1.807, 2.05) is 0 Å². The van der Waals surface area contributed by atoms with Crippen LogP contribution in [0.5, 0.6) is 0 Å². The molecule has 58 valence electrons. The fraction of sp³-hybridized carbons (Fsp3) is 1.00. The second-order valence-electron chi connectivity index (χ2n) is 3.82. The molecule has 2 N–H and O–H groups in total. The molecule has 1 aliphatic heterocycles. The van der Waals surface area contributed by atoms with Crippen LogP contribution in [0.4, 0.5) is 0 Å². The Morgan fingerprint density at radius 1 is 1.40 bits per heavy atom. The molecule has 0 aromatic carbocycles. The molecule has 0 bridgehead atoms. The lowest BCUT2D eigenvalue weighted by molar-refractivity contribution is 0.164. The normalized spacial score (nSPS) is 47.1. The van der Waals surface area contributed by atoms with Crippen LogP contribution in [-0.2, 0) is 0 Å². The van der Waals surface area contributed by atoms with Gasteiger partial charge < -0.3 is 10.4 Å². The van der Waals surface area contributed by atoms with Crippen molar-refractivity contribution in [3.8, 4) is 0 Å². The first-order valence-corrected chi connectivity index (χ1v) is 4.20. The van der Waals surface area contributed by atoms with Crippen molar-refractivity contribution in [2.75, 3.05) is 13.1 Å². The van der Waals surface area contributed by atoms with Crippen LogP contribution in [0.1, 0.15) is 25.7 Å². The molecule has 2 atom stereocenters. The highest BCUT2D eigenvalue weighted by Gasteiger charge is 2.40. The molecule has 1 saturated heterocycles. The van der Waals surface area contributed by atoms with Crippen molar-refractivity contribution in [3.63, 3.8) is 0 Å². The molecule has 2 unspecified atom stereocenters. The minimum Gasteiger partial charge on any atom is -0.393 e. The molecule has 0 aromatic rings. The van der Waals surface area contributed by atoms with Crippen molar-refractivity contribution in [3.05, 3.63) is 0 Å². The zero-order valence-electron chi connectivity index (χ0n) is 6.27. The lowest BCUT2D eigenvalue weighted by atomic mass is 9.85. The van der Waals surface area contributed by atoms with Gasteiger partial charge in [0.25, 0.3) is 0 Å². The summed E-state index contributed by atoms with van der Waals surface area (Å²) in [6.07, 6.45) is 4.59. The van der Waals surface area contributed by atoms with Crippen molar-refractivity contribution < 1.29 is 5.11 Å². The standard InChI is InChI=1S/C8H15NO/c10-7-1-2-8(5-7)3-4-9-6-8/h7,9-10H,1-6H2. The van der Waals surface area contributed by atoms with Gasteiger partial charge in [0.2, 0.25) is 0 Å². The number of nitrogens with one attached hydrogen (secondary N) is 1. The maximum absolute atomic E-state index is 9.33. The summed E-state index contributed by atoms with van der Waals surface area (Å²) in [6, 6.07) is 0. The van der Waals surface area contributed by atoms with E-state index in [9.17, 15) is 5.11 Å². The van der Waals surface area contributed by atoms with E-state index in [4.69, 9.17) is 0 Å². The Bertz CT molecular complexity index is 129. The lowest BCUT2D eigenvalue weighted by Gasteiger charge is -2.20. The third kappa shape index (κ3) is 0.956. The van der Waals surface area contributed by atoms with Gasteiger partial charge in [0.15, 0.2) is 0 Å². The zero-order valence-corrected chi connectivity index (χ0v) is 6.27. The van der Waals surface area contributed by atoms with Crippen molar-refractivity contribution in [2.24, 2.45) is 5.41 Å². The molecule has 2 fully saturated rings. The average molecular weight is 141 g/mol. The smallest absolute Gasteiger partial charge is 0.0546 e. The van der Waals surface area contributed by atoms with Crippen LogP contribution in [-0.4, -0.2) is 24.3 Å². The molecule has 1 saturated carbocycles. The Morgan fingerprint density at radius 2 is 2.30 bits per heavy atom. The molecular weight excluding hydrogens is 126 g/mol. The lowest BCUT2D eigenvalue weighted by Crippen LogP contribution is -2.21. The predicted octanol–water partition coefficient (Wildman–Crippen LogP) is 0.511. The minimum atomic E-state index is -0.0000926. The van der Waals surface area contributed by atoms with E-state index < -0.39 is 0 Å². The van der Waals surface area contributed by atoms with Crippen molar-refractivity contribution in [1.29, 1.82) is 0 Å². The van der Waals surface area contributed by atoms with E-state index in [1.54, 1.807) is 0 Å². The summed E-state index contributed by atoms with van der Waals surface area (Å²) < 4.78 is 0. The van der Waals surface area contributed by atoms with E-state index in [-0.39, 0.29) is 6.10 Å². The third-order valence-corrected chi connectivity index (χ3v) is 3.01. The first-order valence-electron chi connectivity index (χ1n) is 4.20. The minimum absolute atomic E-state index is 0.0000926. The van der Waals surface area contributed by atoms with Gasteiger partial charge in [0.05, 0.1) is 6.10 Å². The molecule has 0 amide bonds. The summed E-state index contributed by atoms with van der Waals surface area (Å²) >= 11 is 0. The van der Waals surface area contributed by atoms with Crippen LogP contribution in [0.25, 0.3) is 0 Å². The van der Waals surface area contributed by atoms with Gasteiger partial charge in [0.1, 0.15) is 0 Å². The summed E-state index contributed by atoms with van der Waals surface area (Å²) in [5, 5.41) is 12.7. The number of aliphatic hydroxyl groups is 1. The Labute approximate surface area is 61.6 Å². The SMILES string of the molecule is OC1CCC2(CCNC2)C1. The predicted molar refractivity (Wildman–Crippen MR) is 39.8 cm³/mol. The van der Waals surface area contributed by atoms with Gasteiger partial charge >= 0.3 is 0 Å². The summed E-state index contributed by atoms with van der Waals surface area (Å²) in [7, 11) is 0. The third-order valence-electron chi connectivity index (χ3n) is 3.01. The van der Waals surface area contributed by atoms with Gasteiger partial charge in [-0.15, -0.1) is 0 Å². The highest BCUT2D eigenvalue weighted by Crippen LogP contribution is 2.42. The van der Waals surface area contributed by atoms with E-state index in [1.165, 1.54) is 12.8 Å². The van der Waals surface area contributed by atoms with Gasteiger partial charge in [0, 0.05) is 6.54 Å². The molecule has 1 heterocycles. The van der Waals surface area contributed by atoms with Crippen molar-refractivity contribution >= 4 is 0 Å². The second-order valence-corrected chi connectivity index (χ2v) is 3.82. The number of rotatable bonds is 0. The Balaban J connectivity index is 2.03. The van der Waals surface area contributed by atoms with Crippen LogP contribution < -0.4 is 5.32 Å². The molecule has 0 aromatic heterocycles. The highest BCUT2D eigenvalue weighted by molar-refractivity contribution is 4.94. The quantitative estimate of drug-likeness (QED) is 0.515. The Morgan fingerprint density at radius 3 is 2.80 bits per heavy atom. The molecular formula is C8H15NO. The van der Waals surface area contributed by atoms with E-state index >= 15 is 0 Å². The number of aliphatic hydroxyl groups excluding tert-OH is 1. The summed E-state index contributed by atoms with van der Waals surface area (Å²) in [6.45, 7) is 2.30. The fourth-order valence-electron chi connectivity index (χ4n) is 2.36. The van der Waals surface area contributed by atoms with E-state index in [0.29, 0.717) is 5.41 Å². The van der Waals surface area contributed by atoms with Gasteiger partial charge in [-0.3, -0.25) is 0 Å². The molecule has 1 spiro atoms. The second kappa shape index (κ2) is 2.21. The monoisotopic (exact) mass is 141 g/mol. The van der Waals surface area contributed by atoms with Gasteiger partial charge in [-0.25, -0.2) is 0 Å². The van der Waals surface area contributed by atoms with Crippen LogP contribution in [0.3, 0.4) is 0 Å². The molecule has 2 heteroatoms. The van der Waals surface area contributed by atoms with Gasteiger partial charge in [-0.05, 0) is 37.6 Å². The largest absolute Gasteiger partial charge is 0.393 e. The topological polar surface area (TPSA) is 32.3 Å². The molecule has 10 heavy (non-hydrogen) atoms.